The molecule has 0 aliphatic carbocycles. The molecule has 0 aromatic rings. The summed E-state index contributed by atoms with van der Waals surface area (Å²) in [6.45, 7) is -1.81. The summed E-state index contributed by atoms with van der Waals surface area (Å²) >= 11 is 0. The van der Waals surface area contributed by atoms with Gasteiger partial charge in [0.15, 0.2) is 5.78 Å². The van der Waals surface area contributed by atoms with Crippen molar-refractivity contribution in [1.29, 1.82) is 0 Å². The number of ketones is 1. The van der Waals surface area contributed by atoms with Gasteiger partial charge in [0.25, 0.3) is 5.79 Å². The second-order valence-electron chi connectivity index (χ2n) is 5.13. The molecule has 2 heterocycles. The van der Waals surface area contributed by atoms with Crippen molar-refractivity contribution in [2.24, 2.45) is 0 Å². The molecule has 2 aliphatic rings. The third-order valence-corrected chi connectivity index (χ3v) is 3.77. The van der Waals surface area contributed by atoms with Crippen molar-refractivity contribution in [2.45, 2.75) is 31.5 Å². The molecule has 12 heteroatoms. The number of amides is 3. The van der Waals surface area contributed by atoms with Crippen molar-refractivity contribution < 1.29 is 37.1 Å². The maximum Gasteiger partial charge on any atom is 0.271 e. The Hall–Kier alpha value is -2.08. The first-order valence-corrected chi connectivity index (χ1v) is 6.59. The van der Waals surface area contributed by atoms with E-state index >= 15 is 0 Å². The van der Waals surface area contributed by atoms with Crippen LogP contribution < -0.4 is 0 Å². The fraction of sp³-hybridized carbons (Fsp3) is 0.636. The monoisotopic (exact) mass is 340 g/mol. The fourth-order valence-corrected chi connectivity index (χ4v) is 2.57. The van der Waals surface area contributed by atoms with E-state index in [1.807, 2.05) is 0 Å². The molecule has 2 rings (SSSR count). The SMILES string of the molecule is O=C(CN1C(=O)CCC1=O)CN1C(=O)CCC1(N(F)F)N(F)F. The van der Waals surface area contributed by atoms with Crippen molar-refractivity contribution in [3.8, 4) is 0 Å². The van der Waals surface area contributed by atoms with E-state index in [1.165, 1.54) is 0 Å². The van der Waals surface area contributed by atoms with Gasteiger partial charge in [0, 0.05) is 25.7 Å². The number of nitrogens with zero attached hydrogens (tertiary/aromatic N) is 4. The minimum Gasteiger partial charge on any atom is -0.296 e. The van der Waals surface area contributed by atoms with Gasteiger partial charge >= 0.3 is 0 Å². The normalized spacial score (nSPS) is 21.2. The van der Waals surface area contributed by atoms with E-state index < -0.39 is 65.9 Å². The molecule has 0 spiro atoms. The van der Waals surface area contributed by atoms with Gasteiger partial charge in [-0.25, -0.2) is 0 Å². The Bertz CT molecular complexity index is 532. The number of rotatable bonds is 6. The van der Waals surface area contributed by atoms with Gasteiger partial charge in [0.1, 0.15) is 0 Å². The molecule has 23 heavy (non-hydrogen) atoms. The number of carbonyl (C=O) groups excluding carboxylic acids is 4. The lowest BCUT2D eigenvalue weighted by Gasteiger charge is -2.36. The summed E-state index contributed by atoms with van der Waals surface area (Å²) in [6, 6.07) is 0. The summed E-state index contributed by atoms with van der Waals surface area (Å²) < 4.78 is 51.7. The average Bonchev–Trinajstić information content (AvgIpc) is 2.95. The van der Waals surface area contributed by atoms with E-state index in [1.54, 1.807) is 0 Å². The van der Waals surface area contributed by atoms with Crippen molar-refractivity contribution in [3.05, 3.63) is 0 Å². The summed E-state index contributed by atoms with van der Waals surface area (Å²) in [5, 5.41) is -3.67. The Morgan fingerprint density at radius 1 is 0.913 bits per heavy atom. The lowest BCUT2D eigenvalue weighted by Crippen LogP contribution is -2.60. The van der Waals surface area contributed by atoms with E-state index in [0.717, 1.165) is 0 Å². The molecule has 0 aromatic carbocycles. The second kappa shape index (κ2) is 6.20. The third-order valence-electron chi connectivity index (χ3n) is 3.77. The van der Waals surface area contributed by atoms with Gasteiger partial charge in [-0.3, -0.25) is 29.0 Å². The van der Waals surface area contributed by atoms with Crippen LogP contribution in [0.15, 0.2) is 0 Å². The molecular weight excluding hydrogens is 328 g/mol. The third kappa shape index (κ3) is 2.91. The number of carbonyl (C=O) groups is 4. The molecule has 0 radical (unpaired) electrons. The quantitative estimate of drug-likeness (QED) is 0.296. The largest absolute Gasteiger partial charge is 0.296 e. The maximum absolute atomic E-state index is 12.9. The highest BCUT2D eigenvalue weighted by Gasteiger charge is 2.59. The number of hydrogen-bond donors (Lipinski definition) is 0. The van der Waals surface area contributed by atoms with Gasteiger partial charge in [-0.2, -0.15) is 0 Å². The molecule has 0 aromatic heterocycles. The molecular formula is C11H12F4N4O4. The van der Waals surface area contributed by atoms with Crippen LogP contribution in [-0.4, -0.2) is 62.9 Å². The van der Waals surface area contributed by atoms with E-state index in [0.29, 0.717) is 4.90 Å². The smallest absolute Gasteiger partial charge is 0.271 e. The molecule has 2 aliphatic heterocycles. The summed E-state index contributed by atoms with van der Waals surface area (Å²) in [5.74, 6) is -6.59. The minimum atomic E-state index is -3.33. The number of Topliss-reactive ketones (excluding diaryl/α,β-unsaturated/α-hetero) is 1. The highest BCUT2D eigenvalue weighted by Crippen LogP contribution is 2.38. The topological polar surface area (TPSA) is 81.2 Å². The standard InChI is InChI=1S/C11H12F4N4O4/c12-18(13)11(19(14)15)4-3-10(23)17(11)6-7(20)5-16-8(21)1-2-9(16)22/h1-6H2. The number of imide groups is 1. The van der Waals surface area contributed by atoms with E-state index in [2.05, 4.69) is 0 Å². The van der Waals surface area contributed by atoms with Crippen LogP contribution in [0.3, 0.4) is 0 Å². The highest BCUT2D eigenvalue weighted by atomic mass is 19.4. The lowest BCUT2D eigenvalue weighted by atomic mass is 10.2. The van der Waals surface area contributed by atoms with E-state index in [-0.39, 0.29) is 17.7 Å². The average molecular weight is 340 g/mol. The Balaban J connectivity index is 2.13. The van der Waals surface area contributed by atoms with Crippen LogP contribution >= 0.6 is 0 Å². The first-order chi connectivity index (χ1) is 10.7. The summed E-state index contributed by atoms with van der Waals surface area (Å²) in [7, 11) is 0. The number of hydrogen-bond acceptors (Lipinski definition) is 6. The lowest BCUT2D eigenvalue weighted by molar-refractivity contribution is -0.403. The van der Waals surface area contributed by atoms with Gasteiger partial charge < -0.3 is 0 Å². The predicted octanol–water partition coefficient (Wildman–Crippen LogP) is 0.123. The van der Waals surface area contributed by atoms with Crippen molar-refractivity contribution in [3.63, 3.8) is 0 Å². The molecule has 0 unspecified atom stereocenters. The number of likely N-dealkylation sites (tertiary alicyclic amines) is 2. The minimum absolute atomic E-state index is 0.0420. The van der Waals surface area contributed by atoms with Gasteiger partial charge in [-0.15, -0.1) is 0 Å². The van der Waals surface area contributed by atoms with Crippen LogP contribution in [0.1, 0.15) is 25.7 Å². The van der Waals surface area contributed by atoms with Crippen LogP contribution in [-0.2, 0) is 19.2 Å². The summed E-state index contributed by atoms with van der Waals surface area (Å²) in [5.41, 5.74) is 0. The van der Waals surface area contributed by atoms with Gasteiger partial charge in [0.2, 0.25) is 17.7 Å². The molecule has 3 amide bonds. The Morgan fingerprint density at radius 3 is 1.91 bits per heavy atom. The summed E-state index contributed by atoms with van der Waals surface area (Å²) in [4.78, 5) is 46.9. The van der Waals surface area contributed by atoms with E-state index in [4.69, 9.17) is 0 Å². The van der Waals surface area contributed by atoms with Crippen LogP contribution in [0.25, 0.3) is 0 Å². The first kappa shape index (κ1) is 17.3. The molecule has 8 nitrogen and oxygen atoms in total. The fourth-order valence-electron chi connectivity index (χ4n) is 2.57. The molecule has 128 valence electrons. The van der Waals surface area contributed by atoms with Crippen molar-refractivity contribution >= 4 is 23.5 Å². The highest BCUT2D eigenvalue weighted by molar-refractivity contribution is 6.05. The van der Waals surface area contributed by atoms with Crippen molar-refractivity contribution in [2.75, 3.05) is 13.1 Å². The summed E-state index contributed by atoms with van der Waals surface area (Å²) in [6.07, 6.45) is -1.65. The van der Waals surface area contributed by atoms with Crippen LogP contribution in [0.2, 0.25) is 0 Å². The van der Waals surface area contributed by atoms with Crippen LogP contribution in [0, 0.1) is 0 Å². The van der Waals surface area contributed by atoms with Crippen molar-refractivity contribution in [1.82, 2.24) is 20.5 Å². The molecule has 2 saturated heterocycles. The van der Waals surface area contributed by atoms with E-state index in [9.17, 15) is 37.1 Å². The predicted molar refractivity (Wildman–Crippen MR) is 62.7 cm³/mol. The molecule has 2 fully saturated rings. The molecule has 0 N–H and O–H groups in total. The van der Waals surface area contributed by atoms with Crippen LogP contribution in [0.5, 0.6) is 0 Å². The van der Waals surface area contributed by atoms with Gasteiger partial charge in [-0.1, -0.05) is 17.9 Å². The van der Waals surface area contributed by atoms with Gasteiger partial charge in [-0.05, 0) is 0 Å². The first-order valence-electron chi connectivity index (χ1n) is 6.59. The Morgan fingerprint density at radius 2 is 1.43 bits per heavy atom. The zero-order chi connectivity index (χ0) is 17.4. The van der Waals surface area contributed by atoms with Gasteiger partial charge in [0.05, 0.1) is 23.8 Å². The molecule has 0 atom stereocenters. The Kier molecular flexibility index (Phi) is 4.66. The second-order valence-corrected chi connectivity index (χ2v) is 5.13. The number of halogens is 4. The maximum atomic E-state index is 12.9. The Labute approximate surface area is 126 Å². The molecule has 0 saturated carbocycles. The molecule has 0 bridgehead atoms. The van der Waals surface area contributed by atoms with Crippen LogP contribution in [0.4, 0.5) is 17.9 Å². The zero-order valence-electron chi connectivity index (χ0n) is 11.7. The zero-order valence-corrected chi connectivity index (χ0v) is 11.7.